The lowest BCUT2D eigenvalue weighted by molar-refractivity contribution is -0.145. The summed E-state index contributed by atoms with van der Waals surface area (Å²) in [4.78, 5) is 40.8. The summed E-state index contributed by atoms with van der Waals surface area (Å²) in [6.07, 6.45) is 2.16. The fourth-order valence-electron chi connectivity index (χ4n) is 5.58. The van der Waals surface area contributed by atoms with E-state index in [0.29, 0.717) is 32.7 Å². The lowest BCUT2D eigenvalue weighted by Crippen LogP contribution is -2.59. The first-order valence-corrected chi connectivity index (χ1v) is 13.4. The second-order valence-corrected chi connectivity index (χ2v) is 11.0. The Balaban J connectivity index is 0.00000420. The van der Waals surface area contributed by atoms with Crippen molar-refractivity contribution in [2.75, 3.05) is 26.3 Å². The standard InChI is InChI=1S/C30H39N3O5.ClH/c1-4-38-27(35)23-18-30(24-13-9-8-12-22(23)24)14-16-33(17-15-30)26(34)25(32-28(36)29(2,3)31)20-37-19-21-10-6-5-7-11-21;/h5-13,23,25H,4,14-20,31H2,1-3H3,(H,32,36);1H. The lowest BCUT2D eigenvalue weighted by Gasteiger charge is -2.41. The van der Waals surface area contributed by atoms with Crippen molar-refractivity contribution in [3.8, 4) is 0 Å². The summed E-state index contributed by atoms with van der Waals surface area (Å²) in [6, 6.07) is 16.9. The number of halogens is 1. The van der Waals surface area contributed by atoms with Gasteiger partial charge in [-0.05, 0) is 56.7 Å². The number of nitrogens with two attached hydrogens (primary N) is 1. The molecular weight excluding hydrogens is 518 g/mol. The minimum Gasteiger partial charge on any atom is -0.466 e. The molecule has 8 nitrogen and oxygen atoms in total. The van der Waals surface area contributed by atoms with E-state index in [1.165, 1.54) is 5.56 Å². The Hall–Kier alpha value is -2.94. The number of hydrogen-bond donors (Lipinski definition) is 2. The third kappa shape index (κ3) is 6.99. The molecule has 2 atom stereocenters. The monoisotopic (exact) mass is 557 g/mol. The highest BCUT2D eigenvalue weighted by Crippen LogP contribution is 2.52. The summed E-state index contributed by atoms with van der Waals surface area (Å²) >= 11 is 0. The fourth-order valence-corrected chi connectivity index (χ4v) is 5.58. The molecule has 2 aromatic rings. The summed E-state index contributed by atoms with van der Waals surface area (Å²) in [7, 11) is 0. The molecule has 3 N–H and O–H groups in total. The molecule has 0 radical (unpaired) electrons. The molecule has 4 rings (SSSR count). The normalized spacial score (nSPS) is 18.6. The van der Waals surface area contributed by atoms with Crippen LogP contribution in [0, 0.1) is 0 Å². The van der Waals surface area contributed by atoms with E-state index in [9.17, 15) is 14.4 Å². The van der Waals surface area contributed by atoms with Gasteiger partial charge in [0.2, 0.25) is 11.8 Å². The number of esters is 1. The topological polar surface area (TPSA) is 111 Å². The predicted molar refractivity (Wildman–Crippen MR) is 151 cm³/mol. The minimum absolute atomic E-state index is 0. The van der Waals surface area contributed by atoms with E-state index >= 15 is 0 Å². The first-order chi connectivity index (χ1) is 18.1. The van der Waals surface area contributed by atoms with Crippen LogP contribution in [0.5, 0.6) is 0 Å². The van der Waals surface area contributed by atoms with Crippen LogP contribution < -0.4 is 11.1 Å². The second kappa shape index (κ2) is 12.9. The van der Waals surface area contributed by atoms with Crippen LogP contribution in [-0.2, 0) is 35.9 Å². The van der Waals surface area contributed by atoms with Gasteiger partial charge in [-0.3, -0.25) is 14.4 Å². The van der Waals surface area contributed by atoms with Crippen molar-refractivity contribution in [3.63, 3.8) is 0 Å². The predicted octanol–water partition coefficient (Wildman–Crippen LogP) is 3.46. The van der Waals surface area contributed by atoms with Crippen molar-refractivity contribution in [1.29, 1.82) is 0 Å². The van der Waals surface area contributed by atoms with Crippen molar-refractivity contribution < 1.29 is 23.9 Å². The summed E-state index contributed by atoms with van der Waals surface area (Å²) < 4.78 is 11.2. The molecule has 2 aliphatic rings. The number of fused-ring (bicyclic) bond motifs is 2. The molecular formula is C30H40ClN3O5. The number of benzene rings is 2. The lowest BCUT2D eigenvalue weighted by atomic mass is 9.73. The molecule has 0 aromatic heterocycles. The SMILES string of the molecule is CCOC(=O)C1CC2(CCN(C(=O)C(COCc3ccccc3)NC(=O)C(C)(C)N)CC2)c2ccccc21.Cl. The van der Waals surface area contributed by atoms with Gasteiger partial charge >= 0.3 is 5.97 Å². The second-order valence-electron chi connectivity index (χ2n) is 11.0. The Labute approximate surface area is 237 Å². The van der Waals surface area contributed by atoms with Crippen molar-refractivity contribution >= 4 is 30.2 Å². The maximum Gasteiger partial charge on any atom is 0.313 e. The molecule has 39 heavy (non-hydrogen) atoms. The molecule has 1 saturated heterocycles. The Morgan fingerprint density at radius 2 is 1.72 bits per heavy atom. The van der Waals surface area contributed by atoms with E-state index in [4.69, 9.17) is 15.2 Å². The average molecular weight is 558 g/mol. The number of nitrogens with one attached hydrogen (secondary N) is 1. The van der Waals surface area contributed by atoms with Gasteiger partial charge in [-0.2, -0.15) is 0 Å². The number of likely N-dealkylation sites (tertiary alicyclic amines) is 1. The number of hydrogen-bond acceptors (Lipinski definition) is 6. The third-order valence-electron chi connectivity index (χ3n) is 7.69. The molecule has 0 bridgehead atoms. The number of amides is 2. The number of carbonyl (C=O) groups excluding carboxylic acids is 3. The number of piperidine rings is 1. The van der Waals surface area contributed by atoms with Gasteiger partial charge in [0.15, 0.2) is 0 Å². The van der Waals surface area contributed by atoms with Crippen molar-refractivity contribution in [2.45, 2.75) is 69.6 Å². The number of nitrogens with zero attached hydrogens (tertiary/aromatic N) is 1. The average Bonchev–Trinajstić information content (AvgIpc) is 3.22. The summed E-state index contributed by atoms with van der Waals surface area (Å²) in [5, 5.41) is 2.81. The molecule has 9 heteroatoms. The quantitative estimate of drug-likeness (QED) is 0.457. The van der Waals surface area contributed by atoms with E-state index in [1.807, 2.05) is 55.5 Å². The molecule has 1 spiro atoms. The zero-order valence-electron chi connectivity index (χ0n) is 23.0. The number of ether oxygens (including phenoxy) is 2. The zero-order chi connectivity index (χ0) is 27.3. The number of carbonyl (C=O) groups is 3. The molecule has 2 aromatic carbocycles. The first-order valence-electron chi connectivity index (χ1n) is 13.4. The van der Waals surface area contributed by atoms with Gasteiger partial charge in [-0.15, -0.1) is 12.4 Å². The molecule has 212 valence electrons. The maximum absolute atomic E-state index is 13.6. The van der Waals surface area contributed by atoms with E-state index < -0.39 is 17.5 Å². The van der Waals surface area contributed by atoms with Crippen LogP contribution in [0.3, 0.4) is 0 Å². The molecule has 0 saturated carbocycles. The fraction of sp³-hybridized carbons (Fsp3) is 0.500. The van der Waals surface area contributed by atoms with Crippen LogP contribution in [0.2, 0.25) is 0 Å². The van der Waals surface area contributed by atoms with Gasteiger partial charge in [0, 0.05) is 18.5 Å². The van der Waals surface area contributed by atoms with Crippen molar-refractivity contribution in [2.24, 2.45) is 5.73 Å². The maximum atomic E-state index is 13.6. The smallest absolute Gasteiger partial charge is 0.313 e. The van der Waals surface area contributed by atoms with Crippen molar-refractivity contribution in [1.82, 2.24) is 10.2 Å². The van der Waals surface area contributed by atoms with E-state index in [1.54, 1.807) is 18.7 Å². The largest absolute Gasteiger partial charge is 0.466 e. The van der Waals surface area contributed by atoms with Crippen LogP contribution in [0.15, 0.2) is 54.6 Å². The Bertz CT molecular complexity index is 1140. The summed E-state index contributed by atoms with van der Waals surface area (Å²) in [5.41, 5.74) is 7.90. The van der Waals surface area contributed by atoms with E-state index in [0.717, 1.165) is 24.0 Å². The highest BCUT2D eigenvalue weighted by Gasteiger charge is 2.48. The van der Waals surface area contributed by atoms with Crippen LogP contribution in [0.1, 0.15) is 62.6 Å². The first kappa shape index (κ1) is 30.6. The summed E-state index contributed by atoms with van der Waals surface area (Å²) in [5.74, 6) is -1.05. The van der Waals surface area contributed by atoms with Crippen LogP contribution in [0.4, 0.5) is 0 Å². The zero-order valence-corrected chi connectivity index (χ0v) is 23.8. The number of rotatable bonds is 9. The third-order valence-corrected chi connectivity index (χ3v) is 7.69. The Kier molecular flexibility index (Phi) is 10.2. The molecule has 1 aliphatic heterocycles. The van der Waals surface area contributed by atoms with E-state index in [2.05, 4.69) is 11.4 Å². The molecule has 2 amide bonds. The van der Waals surface area contributed by atoms with Crippen LogP contribution in [-0.4, -0.2) is 60.6 Å². The van der Waals surface area contributed by atoms with Gasteiger partial charge in [0.25, 0.3) is 0 Å². The van der Waals surface area contributed by atoms with Gasteiger partial charge in [-0.1, -0.05) is 54.6 Å². The van der Waals surface area contributed by atoms with Crippen molar-refractivity contribution in [3.05, 3.63) is 71.3 Å². The highest BCUT2D eigenvalue weighted by atomic mass is 35.5. The molecule has 1 aliphatic carbocycles. The van der Waals surface area contributed by atoms with Crippen LogP contribution in [0.25, 0.3) is 0 Å². The van der Waals surface area contributed by atoms with Gasteiger partial charge in [0.05, 0.1) is 31.3 Å². The van der Waals surface area contributed by atoms with E-state index in [-0.39, 0.29) is 42.2 Å². The van der Waals surface area contributed by atoms with Crippen LogP contribution >= 0.6 is 12.4 Å². The highest BCUT2D eigenvalue weighted by molar-refractivity contribution is 5.91. The molecule has 1 fully saturated rings. The Morgan fingerprint density at radius 1 is 1.08 bits per heavy atom. The van der Waals surface area contributed by atoms with Gasteiger partial charge in [0.1, 0.15) is 6.04 Å². The van der Waals surface area contributed by atoms with Gasteiger partial charge in [-0.25, -0.2) is 0 Å². The molecule has 2 unspecified atom stereocenters. The van der Waals surface area contributed by atoms with Gasteiger partial charge < -0.3 is 25.4 Å². The Morgan fingerprint density at radius 3 is 2.36 bits per heavy atom. The molecule has 1 heterocycles. The summed E-state index contributed by atoms with van der Waals surface area (Å²) in [6.45, 7) is 6.83. The minimum atomic E-state index is -1.13.